The maximum Gasteiger partial charge on any atom is 0.274 e. The van der Waals surface area contributed by atoms with Crippen LogP contribution in [0.4, 0.5) is 0 Å². The van der Waals surface area contributed by atoms with Gasteiger partial charge in [-0.2, -0.15) is 5.10 Å². The molecule has 0 bridgehead atoms. The van der Waals surface area contributed by atoms with Crippen LogP contribution in [0.2, 0.25) is 0 Å². The Morgan fingerprint density at radius 1 is 1.24 bits per heavy atom. The molecular weight excluding hydrogens is 316 g/mol. The molecule has 1 aliphatic rings. The summed E-state index contributed by atoms with van der Waals surface area (Å²) in [6.07, 6.45) is 1.87. The molecule has 2 heterocycles. The average molecular weight is 342 g/mol. The van der Waals surface area contributed by atoms with E-state index >= 15 is 0 Å². The van der Waals surface area contributed by atoms with Crippen molar-refractivity contribution in [3.63, 3.8) is 0 Å². The minimum absolute atomic E-state index is 0.139. The third-order valence-electron chi connectivity index (χ3n) is 4.67. The van der Waals surface area contributed by atoms with E-state index in [1.807, 2.05) is 26.0 Å². The van der Waals surface area contributed by atoms with Gasteiger partial charge in [0.1, 0.15) is 0 Å². The Kier molecular flexibility index (Phi) is 5.18. The minimum atomic E-state index is -0.191. The average Bonchev–Trinajstić information content (AvgIpc) is 2.59. The lowest BCUT2D eigenvalue weighted by molar-refractivity contribution is 0.0911. The molecule has 1 aromatic heterocycles. The summed E-state index contributed by atoms with van der Waals surface area (Å²) in [5.41, 5.74) is 0.204. The summed E-state index contributed by atoms with van der Waals surface area (Å²) < 4.78 is 1.43. The summed E-state index contributed by atoms with van der Waals surface area (Å²) in [7, 11) is 2.09. The Morgan fingerprint density at radius 3 is 2.52 bits per heavy atom. The largest absolute Gasteiger partial charge is 0.348 e. The maximum atomic E-state index is 12.9. The highest BCUT2D eigenvalue weighted by atomic mass is 16.2. The van der Waals surface area contributed by atoms with Gasteiger partial charge in [-0.25, -0.2) is 4.68 Å². The molecule has 134 valence electrons. The number of likely N-dealkylation sites (tertiary alicyclic amines) is 1. The van der Waals surface area contributed by atoms with Crippen LogP contribution in [-0.2, 0) is 6.54 Å². The van der Waals surface area contributed by atoms with Crippen molar-refractivity contribution in [3.8, 4) is 0 Å². The van der Waals surface area contributed by atoms with Crippen molar-refractivity contribution in [2.75, 3.05) is 20.1 Å². The molecule has 1 aliphatic heterocycles. The van der Waals surface area contributed by atoms with Gasteiger partial charge in [0, 0.05) is 18.0 Å². The van der Waals surface area contributed by atoms with Crippen LogP contribution in [0.15, 0.2) is 29.1 Å². The summed E-state index contributed by atoms with van der Waals surface area (Å²) in [5, 5.41) is 8.68. The number of hydrogen-bond acceptors (Lipinski definition) is 4. The van der Waals surface area contributed by atoms with Gasteiger partial charge in [0.2, 0.25) is 0 Å². The van der Waals surface area contributed by atoms with E-state index in [2.05, 4.69) is 22.4 Å². The molecule has 0 aliphatic carbocycles. The number of benzene rings is 1. The van der Waals surface area contributed by atoms with Crippen LogP contribution in [-0.4, -0.2) is 46.8 Å². The standard InChI is InChI=1S/C19H26N4O2/c1-13(2)12-23-19(25)16-7-5-4-6-15(16)17(21-23)18(24)20-14-8-10-22(3)11-9-14/h4-7,13-14H,8-12H2,1-3H3,(H,20,24). The van der Waals surface area contributed by atoms with Crippen LogP contribution < -0.4 is 10.9 Å². The fourth-order valence-electron chi connectivity index (χ4n) is 3.28. The Balaban J connectivity index is 1.95. The molecule has 0 spiro atoms. The molecule has 25 heavy (non-hydrogen) atoms. The Morgan fingerprint density at radius 2 is 1.88 bits per heavy atom. The smallest absolute Gasteiger partial charge is 0.274 e. The van der Waals surface area contributed by atoms with Gasteiger partial charge in [0.05, 0.1) is 5.39 Å². The molecule has 0 atom stereocenters. The highest BCUT2D eigenvalue weighted by Crippen LogP contribution is 2.15. The van der Waals surface area contributed by atoms with Crippen molar-refractivity contribution in [2.24, 2.45) is 5.92 Å². The number of rotatable bonds is 4. The number of piperidine rings is 1. The van der Waals surface area contributed by atoms with Gasteiger partial charge in [-0.3, -0.25) is 9.59 Å². The summed E-state index contributed by atoms with van der Waals surface area (Å²) in [6, 6.07) is 7.38. The Labute approximate surface area is 147 Å². The molecule has 1 N–H and O–H groups in total. The molecule has 0 unspecified atom stereocenters. The van der Waals surface area contributed by atoms with Crippen molar-refractivity contribution < 1.29 is 4.79 Å². The van der Waals surface area contributed by atoms with Crippen LogP contribution >= 0.6 is 0 Å². The van der Waals surface area contributed by atoms with Crippen LogP contribution in [0.25, 0.3) is 10.8 Å². The SMILES string of the molecule is CC(C)Cn1nc(C(=O)NC2CCN(C)CC2)c2ccccc2c1=O. The van der Waals surface area contributed by atoms with Crippen molar-refractivity contribution in [1.82, 2.24) is 20.0 Å². The van der Waals surface area contributed by atoms with Gasteiger partial charge in [0.15, 0.2) is 5.69 Å². The third-order valence-corrected chi connectivity index (χ3v) is 4.67. The second kappa shape index (κ2) is 7.35. The second-order valence-corrected chi connectivity index (χ2v) is 7.33. The number of carbonyl (C=O) groups excluding carboxylic acids is 1. The van der Waals surface area contributed by atoms with Gasteiger partial charge in [0.25, 0.3) is 11.5 Å². The lowest BCUT2D eigenvalue weighted by Gasteiger charge is -2.29. The quantitative estimate of drug-likeness (QED) is 0.921. The van der Waals surface area contributed by atoms with Gasteiger partial charge in [-0.05, 0) is 45.0 Å². The van der Waals surface area contributed by atoms with Crippen LogP contribution in [0.5, 0.6) is 0 Å². The van der Waals surface area contributed by atoms with E-state index in [1.54, 1.807) is 12.1 Å². The first-order valence-electron chi connectivity index (χ1n) is 8.95. The number of fused-ring (bicyclic) bond motifs is 1. The molecule has 1 fully saturated rings. The van der Waals surface area contributed by atoms with E-state index in [4.69, 9.17) is 0 Å². The number of carbonyl (C=O) groups is 1. The first-order valence-corrected chi connectivity index (χ1v) is 8.95. The van der Waals surface area contributed by atoms with Crippen molar-refractivity contribution in [2.45, 2.75) is 39.3 Å². The number of nitrogens with one attached hydrogen (secondary N) is 1. The summed E-state index contributed by atoms with van der Waals surface area (Å²) in [4.78, 5) is 27.7. The van der Waals surface area contributed by atoms with Crippen LogP contribution in [0.3, 0.4) is 0 Å². The topological polar surface area (TPSA) is 67.2 Å². The van der Waals surface area contributed by atoms with E-state index in [0.717, 1.165) is 25.9 Å². The van der Waals surface area contributed by atoms with E-state index in [9.17, 15) is 9.59 Å². The zero-order chi connectivity index (χ0) is 18.0. The van der Waals surface area contributed by atoms with Gasteiger partial charge >= 0.3 is 0 Å². The highest BCUT2D eigenvalue weighted by Gasteiger charge is 2.22. The fourth-order valence-corrected chi connectivity index (χ4v) is 3.28. The van der Waals surface area contributed by atoms with Crippen LogP contribution in [0.1, 0.15) is 37.2 Å². The Hall–Kier alpha value is -2.21. The zero-order valence-electron chi connectivity index (χ0n) is 15.2. The van der Waals surface area contributed by atoms with Gasteiger partial charge < -0.3 is 10.2 Å². The molecule has 0 saturated carbocycles. The number of amides is 1. The first kappa shape index (κ1) is 17.6. The molecule has 0 radical (unpaired) electrons. The van der Waals surface area contributed by atoms with E-state index in [-0.39, 0.29) is 23.4 Å². The summed E-state index contributed by atoms with van der Waals surface area (Å²) >= 11 is 0. The normalized spacial score (nSPS) is 16.5. The van der Waals surface area contributed by atoms with Crippen molar-refractivity contribution >= 4 is 16.7 Å². The van der Waals surface area contributed by atoms with Crippen molar-refractivity contribution in [3.05, 3.63) is 40.3 Å². The second-order valence-electron chi connectivity index (χ2n) is 7.33. The molecule has 1 saturated heterocycles. The molecule has 2 aromatic rings. The van der Waals surface area contributed by atoms with E-state index in [1.165, 1.54) is 4.68 Å². The summed E-state index contributed by atoms with van der Waals surface area (Å²) in [5.74, 6) is 0.0828. The van der Waals surface area contributed by atoms with E-state index in [0.29, 0.717) is 23.0 Å². The predicted octanol–water partition coefficient (Wildman–Crippen LogP) is 1.88. The number of nitrogens with zero attached hydrogens (tertiary/aromatic N) is 3. The molecule has 1 amide bonds. The Bertz CT molecular complexity index is 820. The fraction of sp³-hybridized carbons (Fsp3) is 0.526. The van der Waals surface area contributed by atoms with Crippen molar-refractivity contribution in [1.29, 1.82) is 0 Å². The van der Waals surface area contributed by atoms with Crippen LogP contribution in [0, 0.1) is 5.92 Å². The maximum absolute atomic E-state index is 12.9. The lowest BCUT2D eigenvalue weighted by Crippen LogP contribution is -2.44. The molecule has 6 nitrogen and oxygen atoms in total. The summed E-state index contributed by atoms with van der Waals surface area (Å²) in [6.45, 7) is 6.51. The number of aromatic nitrogens is 2. The minimum Gasteiger partial charge on any atom is -0.348 e. The monoisotopic (exact) mass is 342 g/mol. The third kappa shape index (κ3) is 3.90. The zero-order valence-corrected chi connectivity index (χ0v) is 15.2. The molecular formula is C19H26N4O2. The first-order chi connectivity index (χ1) is 12.0. The molecule has 6 heteroatoms. The highest BCUT2D eigenvalue weighted by molar-refractivity contribution is 6.04. The van der Waals surface area contributed by atoms with Gasteiger partial charge in [-0.1, -0.05) is 32.0 Å². The lowest BCUT2D eigenvalue weighted by atomic mass is 10.0. The molecule has 1 aromatic carbocycles. The molecule has 3 rings (SSSR count). The predicted molar refractivity (Wildman–Crippen MR) is 98.8 cm³/mol. The van der Waals surface area contributed by atoms with E-state index < -0.39 is 0 Å². The number of hydrogen-bond donors (Lipinski definition) is 1. The van der Waals surface area contributed by atoms with Gasteiger partial charge in [-0.15, -0.1) is 0 Å².